The summed E-state index contributed by atoms with van der Waals surface area (Å²) in [7, 11) is 1.70. The van der Waals surface area contributed by atoms with Gasteiger partial charge in [-0.25, -0.2) is 4.98 Å². The Morgan fingerprint density at radius 2 is 1.88 bits per heavy atom. The van der Waals surface area contributed by atoms with Gasteiger partial charge in [-0.05, 0) is 24.6 Å². The molecule has 0 fully saturated rings. The highest BCUT2D eigenvalue weighted by atomic mass is 16.2. The maximum Gasteiger partial charge on any atom is 0.258 e. The van der Waals surface area contributed by atoms with Crippen LogP contribution >= 0.6 is 0 Å². The summed E-state index contributed by atoms with van der Waals surface area (Å²) in [4.78, 5) is 47.0. The predicted molar refractivity (Wildman–Crippen MR) is 98.8 cm³/mol. The van der Waals surface area contributed by atoms with Crippen molar-refractivity contribution < 1.29 is 4.79 Å². The lowest BCUT2D eigenvalue weighted by molar-refractivity contribution is -0.130. The zero-order chi connectivity index (χ0) is 18.5. The average Bonchev–Trinajstić information content (AvgIpc) is 2.61. The molecule has 0 aliphatic carbocycles. The highest BCUT2D eigenvalue weighted by molar-refractivity contribution is 5.77. The molecule has 26 heavy (non-hydrogen) atoms. The molecular weight excluding hydrogens is 332 g/mol. The summed E-state index contributed by atoms with van der Waals surface area (Å²) < 4.78 is 0. The van der Waals surface area contributed by atoms with Gasteiger partial charge in [0.2, 0.25) is 11.5 Å². The Morgan fingerprint density at radius 1 is 1.08 bits per heavy atom. The molecule has 3 rings (SSSR count). The van der Waals surface area contributed by atoms with E-state index in [4.69, 9.17) is 0 Å². The summed E-state index contributed by atoms with van der Waals surface area (Å²) in [6, 6.07) is 12.0. The first-order valence-corrected chi connectivity index (χ1v) is 8.43. The lowest BCUT2D eigenvalue weighted by Crippen LogP contribution is -2.27. The third-order valence-corrected chi connectivity index (χ3v) is 4.13. The average molecular weight is 352 g/mol. The molecule has 0 spiro atoms. The van der Waals surface area contributed by atoms with Crippen LogP contribution in [0.2, 0.25) is 0 Å². The summed E-state index contributed by atoms with van der Waals surface area (Å²) >= 11 is 0. The minimum Gasteiger partial charge on any atom is -0.340 e. The molecule has 0 aliphatic heterocycles. The van der Waals surface area contributed by atoms with Crippen LogP contribution in [0.5, 0.6) is 0 Å². The van der Waals surface area contributed by atoms with Gasteiger partial charge < -0.3 is 14.9 Å². The monoisotopic (exact) mass is 352 g/mol. The van der Waals surface area contributed by atoms with E-state index in [9.17, 15) is 14.4 Å². The normalized spacial score (nSPS) is 10.8. The Bertz CT molecular complexity index is 1040. The molecule has 3 aromatic rings. The van der Waals surface area contributed by atoms with Gasteiger partial charge >= 0.3 is 0 Å². The lowest BCUT2D eigenvalue weighted by atomic mass is 10.2. The second-order valence-corrected chi connectivity index (χ2v) is 6.17. The number of pyridine rings is 1. The summed E-state index contributed by atoms with van der Waals surface area (Å²) in [6.45, 7) is 0.347. The second-order valence-electron chi connectivity index (χ2n) is 6.17. The number of aromatic amines is 2. The van der Waals surface area contributed by atoms with E-state index < -0.39 is 0 Å². The van der Waals surface area contributed by atoms with Crippen molar-refractivity contribution in [1.82, 2.24) is 19.9 Å². The van der Waals surface area contributed by atoms with E-state index in [1.807, 2.05) is 6.07 Å². The first-order valence-electron chi connectivity index (χ1n) is 8.43. The number of benzene rings is 1. The van der Waals surface area contributed by atoms with Crippen molar-refractivity contribution in [3.63, 3.8) is 0 Å². The van der Waals surface area contributed by atoms with Crippen LogP contribution in [0, 0.1) is 0 Å². The Balaban J connectivity index is 1.56. The van der Waals surface area contributed by atoms with E-state index in [2.05, 4.69) is 15.0 Å². The number of amides is 1. The van der Waals surface area contributed by atoms with Crippen molar-refractivity contribution >= 4 is 16.8 Å². The standard InChI is InChI=1S/C19H20N4O3/c1-23(12-13-6-4-10-17(24)20-13)18(25)11-5-9-16-21-15-8-3-2-7-14(15)19(26)22-16/h2-4,6-8,10H,5,9,11-12H2,1H3,(H,20,24)(H,21,22,26). The smallest absolute Gasteiger partial charge is 0.258 e. The zero-order valence-electron chi connectivity index (χ0n) is 14.5. The van der Waals surface area contributed by atoms with E-state index in [1.165, 1.54) is 6.07 Å². The summed E-state index contributed by atoms with van der Waals surface area (Å²) in [5, 5.41) is 0.559. The van der Waals surface area contributed by atoms with Crippen molar-refractivity contribution in [2.45, 2.75) is 25.8 Å². The van der Waals surface area contributed by atoms with Crippen LogP contribution in [-0.2, 0) is 17.8 Å². The molecule has 0 radical (unpaired) electrons. The van der Waals surface area contributed by atoms with Gasteiger partial charge in [-0.15, -0.1) is 0 Å². The molecule has 1 amide bonds. The quantitative estimate of drug-likeness (QED) is 0.704. The Kier molecular flexibility index (Phi) is 5.26. The molecule has 0 bridgehead atoms. The number of nitrogens with zero attached hydrogens (tertiary/aromatic N) is 2. The van der Waals surface area contributed by atoms with Crippen LogP contribution in [-0.4, -0.2) is 32.8 Å². The molecule has 0 saturated carbocycles. The first-order chi connectivity index (χ1) is 12.5. The zero-order valence-corrected chi connectivity index (χ0v) is 14.5. The molecule has 0 atom stereocenters. The molecule has 0 aliphatic rings. The molecule has 2 N–H and O–H groups in total. The molecule has 0 saturated heterocycles. The van der Waals surface area contributed by atoms with E-state index in [0.717, 1.165) is 0 Å². The Morgan fingerprint density at radius 3 is 2.69 bits per heavy atom. The van der Waals surface area contributed by atoms with Gasteiger partial charge in [0, 0.05) is 31.6 Å². The number of fused-ring (bicyclic) bond motifs is 1. The number of nitrogens with one attached hydrogen (secondary N) is 2. The Labute approximate surface area is 149 Å². The molecule has 7 heteroatoms. The molecule has 7 nitrogen and oxygen atoms in total. The number of aryl methyl sites for hydroxylation is 1. The van der Waals surface area contributed by atoms with E-state index in [1.54, 1.807) is 42.3 Å². The number of hydrogen-bond donors (Lipinski definition) is 2. The maximum absolute atomic E-state index is 12.2. The van der Waals surface area contributed by atoms with Crippen molar-refractivity contribution in [1.29, 1.82) is 0 Å². The Hall–Kier alpha value is -3.22. The second kappa shape index (κ2) is 7.77. The van der Waals surface area contributed by atoms with Gasteiger partial charge in [-0.2, -0.15) is 0 Å². The van der Waals surface area contributed by atoms with Gasteiger partial charge in [-0.3, -0.25) is 14.4 Å². The number of aromatic nitrogens is 3. The predicted octanol–water partition coefficient (Wildman–Crippen LogP) is 1.59. The SMILES string of the molecule is CN(Cc1cccc(=O)[nH]1)C(=O)CCCc1nc2ccccc2c(=O)[nH]1. The fraction of sp³-hybridized carbons (Fsp3) is 0.263. The number of rotatable bonds is 6. The summed E-state index contributed by atoms with van der Waals surface area (Å²) in [6.07, 6.45) is 1.43. The van der Waals surface area contributed by atoms with Crippen molar-refractivity contribution in [3.8, 4) is 0 Å². The van der Waals surface area contributed by atoms with Crippen LogP contribution in [0.1, 0.15) is 24.4 Å². The minimum atomic E-state index is -0.185. The van der Waals surface area contributed by atoms with Crippen molar-refractivity contribution in [2.24, 2.45) is 0 Å². The van der Waals surface area contributed by atoms with Crippen LogP contribution in [0.25, 0.3) is 10.9 Å². The third kappa shape index (κ3) is 4.24. The number of carbonyl (C=O) groups is 1. The fourth-order valence-electron chi connectivity index (χ4n) is 2.78. The van der Waals surface area contributed by atoms with Crippen LogP contribution < -0.4 is 11.1 Å². The molecule has 2 aromatic heterocycles. The van der Waals surface area contributed by atoms with Gasteiger partial charge in [0.25, 0.3) is 5.56 Å². The van der Waals surface area contributed by atoms with Gasteiger partial charge in [0.1, 0.15) is 5.82 Å². The highest BCUT2D eigenvalue weighted by Gasteiger charge is 2.10. The summed E-state index contributed by atoms with van der Waals surface area (Å²) in [5.74, 6) is 0.550. The number of carbonyl (C=O) groups excluding carboxylic acids is 1. The molecule has 1 aromatic carbocycles. The van der Waals surface area contributed by atoms with Gasteiger partial charge in [0.05, 0.1) is 17.4 Å². The fourth-order valence-corrected chi connectivity index (χ4v) is 2.78. The van der Waals surface area contributed by atoms with Crippen molar-refractivity contribution in [3.05, 3.63) is 74.7 Å². The molecular formula is C19H20N4O3. The minimum absolute atomic E-state index is 0.0298. The largest absolute Gasteiger partial charge is 0.340 e. The molecule has 0 unspecified atom stereocenters. The maximum atomic E-state index is 12.2. The van der Waals surface area contributed by atoms with E-state index in [0.29, 0.717) is 48.2 Å². The highest BCUT2D eigenvalue weighted by Crippen LogP contribution is 2.08. The molecule has 134 valence electrons. The van der Waals surface area contributed by atoms with Crippen LogP contribution in [0.15, 0.2) is 52.1 Å². The molecule has 2 heterocycles. The van der Waals surface area contributed by atoms with E-state index in [-0.39, 0.29) is 17.0 Å². The topological polar surface area (TPSA) is 98.9 Å². The van der Waals surface area contributed by atoms with E-state index >= 15 is 0 Å². The lowest BCUT2D eigenvalue weighted by Gasteiger charge is -2.16. The van der Waals surface area contributed by atoms with Crippen molar-refractivity contribution in [2.75, 3.05) is 7.05 Å². The first kappa shape index (κ1) is 17.6. The van der Waals surface area contributed by atoms with Gasteiger partial charge in [-0.1, -0.05) is 18.2 Å². The number of hydrogen-bond acceptors (Lipinski definition) is 4. The number of para-hydroxylation sites is 1. The summed E-state index contributed by atoms with van der Waals surface area (Å²) in [5.41, 5.74) is 0.994. The number of H-pyrrole nitrogens is 2. The third-order valence-electron chi connectivity index (χ3n) is 4.13. The van der Waals surface area contributed by atoms with Crippen LogP contribution in [0.3, 0.4) is 0 Å². The van der Waals surface area contributed by atoms with Crippen LogP contribution in [0.4, 0.5) is 0 Å². The van der Waals surface area contributed by atoms with Gasteiger partial charge in [0.15, 0.2) is 0 Å².